The molecule has 0 heterocycles. The molecular formula is C23H34NOP. The van der Waals surface area contributed by atoms with Crippen LogP contribution in [0, 0.1) is 13.8 Å². The predicted octanol–water partition coefficient (Wildman–Crippen LogP) is 5.48. The largest absolute Gasteiger partial charge is 0.312 e. The number of rotatable bonds is 10. The van der Waals surface area contributed by atoms with E-state index in [1.54, 1.807) is 0 Å². The van der Waals surface area contributed by atoms with E-state index in [1.165, 1.54) is 24.0 Å². The first-order valence-electron chi connectivity index (χ1n) is 9.95. The Hall–Kier alpha value is -1.37. The van der Waals surface area contributed by atoms with E-state index in [9.17, 15) is 4.57 Å². The van der Waals surface area contributed by atoms with Gasteiger partial charge in [0.15, 0.2) is 7.14 Å². The monoisotopic (exact) mass is 371 g/mol. The maximum atomic E-state index is 14.3. The normalized spacial score (nSPS) is 11.9. The Morgan fingerprint density at radius 1 is 0.731 bits per heavy atom. The number of nitrogens with zero attached hydrogens (tertiary/aromatic N) is 1. The Bertz CT molecular complexity index is 648. The van der Waals surface area contributed by atoms with Crippen molar-refractivity contribution in [1.82, 2.24) is 4.90 Å². The molecule has 2 nitrogen and oxygen atoms in total. The number of hydrogen-bond donors (Lipinski definition) is 0. The highest BCUT2D eigenvalue weighted by Gasteiger charge is 2.29. The minimum atomic E-state index is -2.67. The molecule has 0 radical (unpaired) electrons. The molecule has 26 heavy (non-hydrogen) atoms. The van der Waals surface area contributed by atoms with Crippen LogP contribution >= 0.6 is 7.14 Å². The van der Waals surface area contributed by atoms with Crippen LogP contribution in [0.5, 0.6) is 0 Å². The first-order valence-corrected chi connectivity index (χ1v) is 11.8. The van der Waals surface area contributed by atoms with Crippen LogP contribution in [0.2, 0.25) is 0 Å². The minimum Gasteiger partial charge on any atom is -0.312 e. The van der Waals surface area contributed by atoms with Gasteiger partial charge in [0.05, 0.1) is 6.29 Å². The van der Waals surface area contributed by atoms with Gasteiger partial charge in [0.25, 0.3) is 0 Å². The zero-order valence-electron chi connectivity index (χ0n) is 16.9. The molecule has 142 valence electrons. The summed E-state index contributed by atoms with van der Waals surface area (Å²) in [5.41, 5.74) is 2.41. The van der Waals surface area contributed by atoms with Crippen LogP contribution in [0.4, 0.5) is 0 Å². The Kier molecular flexibility index (Phi) is 8.13. The van der Waals surface area contributed by atoms with E-state index >= 15 is 0 Å². The van der Waals surface area contributed by atoms with Crippen molar-refractivity contribution in [3.8, 4) is 0 Å². The second kappa shape index (κ2) is 10.1. The highest BCUT2D eigenvalue weighted by molar-refractivity contribution is 7.78. The number of unbranched alkanes of at least 4 members (excludes halogenated alkanes) is 2. The van der Waals surface area contributed by atoms with Gasteiger partial charge in [-0.2, -0.15) is 0 Å². The summed E-state index contributed by atoms with van der Waals surface area (Å²) in [6.45, 7) is 10.6. The average molecular weight is 372 g/mol. The van der Waals surface area contributed by atoms with Crippen LogP contribution in [0.15, 0.2) is 48.5 Å². The molecule has 0 fully saturated rings. The molecule has 0 aliphatic carbocycles. The molecule has 2 rings (SSSR count). The molecule has 0 aromatic heterocycles. The van der Waals surface area contributed by atoms with Crippen LogP contribution in [-0.2, 0) is 4.57 Å². The first-order chi connectivity index (χ1) is 12.5. The molecule has 0 unspecified atom stereocenters. The van der Waals surface area contributed by atoms with E-state index < -0.39 is 7.14 Å². The summed E-state index contributed by atoms with van der Waals surface area (Å²) in [5.74, 6) is 0. The van der Waals surface area contributed by atoms with Crippen LogP contribution in [-0.4, -0.2) is 24.3 Å². The first kappa shape index (κ1) is 20.9. The molecule has 0 aliphatic rings. The predicted molar refractivity (Wildman–Crippen MR) is 115 cm³/mol. The fourth-order valence-corrected chi connectivity index (χ4v) is 5.91. The van der Waals surface area contributed by atoms with Crippen molar-refractivity contribution in [2.45, 2.75) is 53.4 Å². The molecule has 0 bridgehead atoms. The van der Waals surface area contributed by atoms with Gasteiger partial charge in [0.1, 0.15) is 0 Å². The van der Waals surface area contributed by atoms with E-state index in [4.69, 9.17) is 0 Å². The Morgan fingerprint density at radius 3 is 1.46 bits per heavy atom. The lowest BCUT2D eigenvalue weighted by Crippen LogP contribution is -2.32. The SMILES string of the molecule is CCCCN(CCCC)CP(=O)(c1ccc(C)cc1)c1ccc(C)cc1. The third-order valence-electron chi connectivity index (χ3n) is 4.96. The minimum absolute atomic E-state index is 0.638. The third kappa shape index (κ3) is 5.56. The van der Waals surface area contributed by atoms with Crippen LogP contribution in [0.25, 0.3) is 0 Å². The Balaban J connectivity index is 2.39. The van der Waals surface area contributed by atoms with E-state index in [-0.39, 0.29) is 0 Å². The average Bonchev–Trinajstić information content (AvgIpc) is 2.64. The standard InChI is InChI=1S/C23H34NOP/c1-5-7-17-24(18-8-6-2)19-26(25,22-13-9-20(3)10-14-22)23-15-11-21(4)12-16-23/h9-16H,5-8,17-19H2,1-4H3. The third-order valence-corrected chi connectivity index (χ3v) is 8.02. The molecule has 2 aromatic carbocycles. The molecule has 0 aliphatic heterocycles. The summed E-state index contributed by atoms with van der Waals surface area (Å²) >= 11 is 0. The molecule has 0 N–H and O–H groups in total. The van der Waals surface area contributed by atoms with Crippen LogP contribution in [0.1, 0.15) is 50.7 Å². The van der Waals surface area contributed by atoms with Crippen molar-refractivity contribution in [2.24, 2.45) is 0 Å². The van der Waals surface area contributed by atoms with Crippen LogP contribution < -0.4 is 10.6 Å². The van der Waals surface area contributed by atoms with Gasteiger partial charge in [0.2, 0.25) is 0 Å². The quantitative estimate of drug-likeness (QED) is 0.516. The van der Waals surface area contributed by atoms with Gasteiger partial charge >= 0.3 is 0 Å². The summed E-state index contributed by atoms with van der Waals surface area (Å²) in [7, 11) is -2.67. The lowest BCUT2D eigenvalue weighted by atomic mass is 10.2. The highest BCUT2D eigenvalue weighted by Crippen LogP contribution is 2.44. The zero-order valence-corrected chi connectivity index (χ0v) is 17.8. The Labute approximate surface area is 160 Å². The topological polar surface area (TPSA) is 20.3 Å². The van der Waals surface area contributed by atoms with Gasteiger partial charge in [-0.05, 0) is 39.8 Å². The summed E-state index contributed by atoms with van der Waals surface area (Å²) in [6.07, 6.45) is 5.29. The van der Waals surface area contributed by atoms with Crippen molar-refractivity contribution in [3.05, 3.63) is 59.7 Å². The molecule has 3 heteroatoms. The molecule has 0 saturated carbocycles. The van der Waals surface area contributed by atoms with Gasteiger partial charge in [-0.25, -0.2) is 0 Å². The van der Waals surface area contributed by atoms with Crippen molar-refractivity contribution < 1.29 is 4.57 Å². The summed E-state index contributed by atoms with van der Waals surface area (Å²) < 4.78 is 14.3. The zero-order chi connectivity index (χ0) is 19.0. The van der Waals surface area contributed by atoms with Crippen molar-refractivity contribution in [2.75, 3.05) is 19.4 Å². The second-order valence-electron chi connectivity index (χ2n) is 7.38. The van der Waals surface area contributed by atoms with Crippen molar-refractivity contribution in [1.29, 1.82) is 0 Å². The van der Waals surface area contributed by atoms with E-state index in [2.05, 4.69) is 81.1 Å². The van der Waals surface area contributed by atoms with E-state index in [0.717, 1.165) is 36.5 Å². The smallest absolute Gasteiger partial charge is 0.156 e. The fourth-order valence-electron chi connectivity index (χ4n) is 3.18. The Morgan fingerprint density at radius 2 is 1.12 bits per heavy atom. The lowest BCUT2D eigenvalue weighted by Gasteiger charge is -2.28. The summed E-state index contributed by atoms with van der Waals surface area (Å²) in [4.78, 5) is 2.42. The van der Waals surface area contributed by atoms with Gasteiger partial charge in [-0.15, -0.1) is 0 Å². The fraction of sp³-hybridized carbons (Fsp3) is 0.478. The number of hydrogen-bond acceptors (Lipinski definition) is 2. The summed E-state index contributed by atoms with van der Waals surface area (Å²) in [6, 6.07) is 16.6. The van der Waals surface area contributed by atoms with Crippen molar-refractivity contribution in [3.63, 3.8) is 0 Å². The molecule has 2 aromatic rings. The maximum Gasteiger partial charge on any atom is 0.156 e. The maximum absolute atomic E-state index is 14.3. The van der Waals surface area contributed by atoms with Gasteiger partial charge in [-0.3, -0.25) is 4.90 Å². The second-order valence-corrected chi connectivity index (χ2v) is 10.2. The van der Waals surface area contributed by atoms with E-state index in [1.807, 2.05) is 0 Å². The van der Waals surface area contributed by atoms with Crippen LogP contribution in [0.3, 0.4) is 0 Å². The van der Waals surface area contributed by atoms with Crippen molar-refractivity contribution >= 4 is 17.8 Å². The molecule has 0 saturated heterocycles. The highest BCUT2D eigenvalue weighted by atomic mass is 31.2. The molecular weight excluding hydrogens is 337 g/mol. The van der Waals surface area contributed by atoms with Gasteiger partial charge < -0.3 is 4.57 Å². The molecule has 0 amide bonds. The van der Waals surface area contributed by atoms with Gasteiger partial charge in [-0.1, -0.05) is 86.3 Å². The number of aryl methyl sites for hydroxylation is 2. The lowest BCUT2D eigenvalue weighted by molar-refractivity contribution is 0.304. The summed E-state index contributed by atoms with van der Waals surface area (Å²) in [5, 5.41) is 1.95. The number of benzene rings is 2. The molecule has 0 atom stereocenters. The van der Waals surface area contributed by atoms with Gasteiger partial charge in [0, 0.05) is 10.6 Å². The molecule has 0 spiro atoms. The van der Waals surface area contributed by atoms with E-state index in [0.29, 0.717) is 6.29 Å².